The van der Waals surface area contributed by atoms with Crippen LogP contribution in [0.25, 0.3) is 54.6 Å². The second kappa shape index (κ2) is 18.7. The topological polar surface area (TPSA) is 0 Å². The quantitative estimate of drug-likeness (QED) is 0.125. The molecule has 244 valence electrons. The first-order valence-corrected chi connectivity index (χ1v) is 19.2. The average molecular weight is 753 g/mol. The SMILES string of the molecule is Cc1cc2c(-c3cccc4ccccc34)ccc(C)c2[cH-]1.Cc1ccc(-c2cccc3[cH-]c(C(C)C)cc23)c(C)c1.Cl.Cl.[CH3-].[CH3-].[Si]=[Zr]. The minimum atomic E-state index is 0. The molecule has 7 aromatic carbocycles. The van der Waals surface area contributed by atoms with Crippen molar-refractivity contribution in [3.63, 3.8) is 0 Å². The van der Waals surface area contributed by atoms with Crippen LogP contribution in [0.2, 0.25) is 0 Å². The summed E-state index contributed by atoms with van der Waals surface area (Å²) in [5.41, 5.74) is 12.1. The molecule has 7 rings (SSSR count). The molecule has 0 bridgehead atoms. The molecule has 0 heterocycles. The summed E-state index contributed by atoms with van der Waals surface area (Å²) in [6.45, 7) is 16.3. The van der Waals surface area contributed by atoms with E-state index < -0.39 is 0 Å². The van der Waals surface area contributed by atoms with E-state index in [1.807, 2.05) is 0 Å². The Hall–Kier alpha value is -2.74. The van der Waals surface area contributed by atoms with Crippen molar-refractivity contribution in [2.24, 2.45) is 0 Å². The van der Waals surface area contributed by atoms with Crippen LogP contribution in [0.5, 0.6) is 0 Å². The third-order valence-corrected chi connectivity index (χ3v) is 8.44. The Morgan fingerprint density at radius 3 is 1.83 bits per heavy atom. The first-order valence-electron chi connectivity index (χ1n) is 15.0. The van der Waals surface area contributed by atoms with Crippen LogP contribution < -0.4 is 0 Å². The molecule has 0 aliphatic rings. The maximum atomic E-state index is 3.06. The fourth-order valence-corrected chi connectivity index (χ4v) is 6.23. The van der Waals surface area contributed by atoms with Gasteiger partial charge in [0.1, 0.15) is 0 Å². The summed E-state index contributed by atoms with van der Waals surface area (Å²) in [5, 5.41) is 8.09. The van der Waals surface area contributed by atoms with Crippen molar-refractivity contribution in [3.05, 3.63) is 158 Å². The molecule has 0 unspecified atom stereocenters. The summed E-state index contributed by atoms with van der Waals surface area (Å²) in [6, 6.07) is 42.3. The molecule has 0 spiro atoms. The fraction of sp³-hybridized carbons (Fsp3) is 0.163. The monoisotopic (exact) mass is 750 g/mol. The maximum absolute atomic E-state index is 3.06. The van der Waals surface area contributed by atoms with Gasteiger partial charge in [-0.15, -0.1) is 93.4 Å². The Balaban J connectivity index is 0.000000414. The fourth-order valence-electron chi connectivity index (χ4n) is 6.23. The van der Waals surface area contributed by atoms with Gasteiger partial charge in [0.2, 0.25) is 0 Å². The summed E-state index contributed by atoms with van der Waals surface area (Å²) in [5.74, 6) is 0.578. The van der Waals surface area contributed by atoms with Crippen LogP contribution in [0.3, 0.4) is 0 Å². The van der Waals surface area contributed by atoms with Gasteiger partial charge in [-0.2, -0.15) is 12.1 Å². The molecule has 0 aliphatic carbocycles. The van der Waals surface area contributed by atoms with Crippen LogP contribution in [-0.2, 0) is 23.3 Å². The predicted molar refractivity (Wildman–Crippen MR) is 214 cm³/mol. The van der Waals surface area contributed by atoms with E-state index in [1.165, 1.54) is 106 Å². The van der Waals surface area contributed by atoms with Crippen molar-refractivity contribution in [1.82, 2.24) is 0 Å². The number of aryl methyl sites for hydroxylation is 4. The standard InChI is InChI=1S/C21H17.C20H21.2CH3.2ClH.Si.Zr/c1-14-12-20-15(2)10-11-19(21(20)13-14)18-9-5-7-16-6-3-4-8-17(16)18;1-13(2)17-11-16-6-5-7-19(20(16)12-17)18-9-8-14(3)10-15(18)4;;;;;;/h3-13H,1-2H3;5-13H,1-4H3;2*1H3;2*1H;;/q4*-1;;;;. The molecule has 0 saturated carbocycles. The number of hydrogen-bond acceptors (Lipinski definition) is 0. The summed E-state index contributed by atoms with van der Waals surface area (Å²) >= 11 is 1.36. The second-order valence-corrected chi connectivity index (χ2v) is 11.9. The van der Waals surface area contributed by atoms with Gasteiger partial charge in [-0.1, -0.05) is 117 Å². The third-order valence-electron chi connectivity index (χ3n) is 8.44. The second-order valence-electron chi connectivity index (χ2n) is 11.9. The van der Waals surface area contributed by atoms with Crippen LogP contribution in [0.15, 0.2) is 115 Å². The van der Waals surface area contributed by atoms with Gasteiger partial charge in [-0.05, 0) is 47.2 Å². The van der Waals surface area contributed by atoms with Gasteiger partial charge >= 0.3 is 30.2 Å². The van der Waals surface area contributed by atoms with E-state index in [-0.39, 0.29) is 39.7 Å². The van der Waals surface area contributed by atoms with Gasteiger partial charge in [-0.3, -0.25) is 0 Å². The van der Waals surface area contributed by atoms with E-state index >= 15 is 0 Å². The molecule has 0 N–H and O–H groups in total. The molecular formula is C43H46Cl2SiZr-4. The molecule has 0 aromatic heterocycles. The Morgan fingerprint density at radius 1 is 0.553 bits per heavy atom. The van der Waals surface area contributed by atoms with E-state index in [9.17, 15) is 0 Å². The Kier molecular flexibility index (Phi) is 16.8. The molecule has 0 fully saturated rings. The Labute approximate surface area is 312 Å². The first kappa shape index (κ1) is 42.3. The van der Waals surface area contributed by atoms with Crippen LogP contribution in [0.4, 0.5) is 0 Å². The Bertz CT molecular complexity index is 2040. The van der Waals surface area contributed by atoms with E-state index in [4.69, 9.17) is 0 Å². The van der Waals surface area contributed by atoms with Gasteiger partial charge in [0.25, 0.3) is 0 Å². The first-order chi connectivity index (χ1) is 20.8. The normalized spacial score (nSPS) is 10.0. The van der Waals surface area contributed by atoms with Gasteiger partial charge in [0.05, 0.1) is 0 Å². The minimum absolute atomic E-state index is 0. The molecule has 2 radical (unpaired) electrons. The Morgan fingerprint density at radius 2 is 1.15 bits per heavy atom. The molecule has 0 aliphatic heterocycles. The summed E-state index contributed by atoms with van der Waals surface area (Å²) < 4.78 is 0. The zero-order valence-electron chi connectivity index (χ0n) is 28.9. The zero-order valence-corrected chi connectivity index (χ0v) is 34.0. The van der Waals surface area contributed by atoms with Crippen LogP contribution in [-0.4, -0.2) is 6.88 Å². The van der Waals surface area contributed by atoms with Gasteiger partial charge < -0.3 is 14.9 Å². The van der Waals surface area contributed by atoms with Crippen molar-refractivity contribution in [1.29, 1.82) is 0 Å². The molecular weight excluding hydrogens is 707 g/mol. The number of halogens is 2. The summed E-state index contributed by atoms with van der Waals surface area (Å²) in [7, 11) is 0. The van der Waals surface area contributed by atoms with Gasteiger partial charge in [-0.25, -0.2) is 0 Å². The molecule has 4 heteroatoms. The summed E-state index contributed by atoms with van der Waals surface area (Å²) in [6.07, 6.45) is 0. The molecule has 47 heavy (non-hydrogen) atoms. The third kappa shape index (κ3) is 9.04. The summed E-state index contributed by atoms with van der Waals surface area (Å²) in [4.78, 5) is 0. The predicted octanol–water partition coefficient (Wildman–Crippen LogP) is 13.3. The number of hydrogen-bond donors (Lipinski definition) is 0. The molecule has 7 aromatic rings. The molecule has 0 saturated heterocycles. The van der Waals surface area contributed by atoms with Crippen molar-refractivity contribution in [2.75, 3.05) is 0 Å². The van der Waals surface area contributed by atoms with Gasteiger partial charge in [0, 0.05) is 0 Å². The van der Waals surface area contributed by atoms with E-state index in [0.717, 1.165) is 0 Å². The van der Waals surface area contributed by atoms with E-state index in [1.54, 1.807) is 0 Å². The molecule has 0 atom stereocenters. The van der Waals surface area contributed by atoms with Crippen LogP contribution >= 0.6 is 24.8 Å². The average Bonchev–Trinajstić information content (AvgIpc) is 3.63. The zero-order chi connectivity index (χ0) is 30.7. The molecule has 0 amide bonds. The van der Waals surface area contributed by atoms with Crippen molar-refractivity contribution in [2.45, 2.75) is 47.5 Å². The number of rotatable bonds is 3. The van der Waals surface area contributed by atoms with Crippen LogP contribution in [0.1, 0.15) is 47.6 Å². The van der Waals surface area contributed by atoms with Crippen molar-refractivity contribution in [3.8, 4) is 22.3 Å². The van der Waals surface area contributed by atoms with E-state index in [0.29, 0.717) is 5.92 Å². The van der Waals surface area contributed by atoms with Crippen LogP contribution in [0, 0.1) is 42.5 Å². The number of benzene rings is 5. The van der Waals surface area contributed by atoms with E-state index in [2.05, 4.69) is 164 Å². The van der Waals surface area contributed by atoms with Crippen molar-refractivity contribution < 1.29 is 23.3 Å². The molecule has 0 nitrogen and oxygen atoms in total. The number of fused-ring (bicyclic) bond motifs is 3. The van der Waals surface area contributed by atoms with Gasteiger partial charge in [0.15, 0.2) is 0 Å². The van der Waals surface area contributed by atoms with Crippen molar-refractivity contribution >= 4 is 64.0 Å².